The summed E-state index contributed by atoms with van der Waals surface area (Å²) >= 11 is 2.32. The molecule has 0 amide bonds. The van der Waals surface area contributed by atoms with Crippen LogP contribution in [-0.2, 0) is 12.0 Å². The van der Waals surface area contributed by atoms with Crippen LogP contribution in [0.15, 0.2) is 6.20 Å². The van der Waals surface area contributed by atoms with Gasteiger partial charge in [0.2, 0.25) is 0 Å². The number of rotatable bonds is 2. The Labute approximate surface area is 98.2 Å². The van der Waals surface area contributed by atoms with Crippen molar-refractivity contribution in [3.8, 4) is 0 Å². The quantitative estimate of drug-likeness (QED) is 0.768. The highest BCUT2D eigenvalue weighted by Crippen LogP contribution is 2.71. The van der Waals surface area contributed by atoms with Crippen LogP contribution in [0.2, 0.25) is 0 Å². The van der Waals surface area contributed by atoms with E-state index in [1.54, 1.807) is 0 Å². The van der Waals surface area contributed by atoms with Crippen molar-refractivity contribution < 1.29 is 0 Å². The first kappa shape index (κ1) is 9.19. The average molecular weight is 302 g/mol. The van der Waals surface area contributed by atoms with E-state index in [1.165, 1.54) is 25.1 Å². The van der Waals surface area contributed by atoms with E-state index in [0.717, 1.165) is 10.1 Å². The highest BCUT2D eigenvalue weighted by atomic mass is 127. The van der Waals surface area contributed by atoms with E-state index in [4.69, 9.17) is 0 Å². The predicted molar refractivity (Wildman–Crippen MR) is 64.3 cm³/mol. The molecule has 3 fully saturated rings. The Bertz CT molecular complexity index is 374. The van der Waals surface area contributed by atoms with Crippen LogP contribution in [0.1, 0.15) is 38.9 Å². The molecule has 1 heterocycles. The van der Waals surface area contributed by atoms with Crippen molar-refractivity contribution in [1.82, 2.24) is 9.55 Å². The Balaban J connectivity index is 1.97. The van der Waals surface area contributed by atoms with Crippen LogP contribution >= 0.6 is 22.6 Å². The molecular formula is C11H15IN2. The molecule has 0 unspecified atom stereocenters. The summed E-state index contributed by atoms with van der Waals surface area (Å²) in [6, 6.07) is 0. The van der Waals surface area contributed by atoms with Crippen molar-refractivity contribution in [2.45, 2.75) is 45.1 Å². The first-order valence-corrected chi connectivity index (χ1v) is 6.39. The molecule has 14 heavy (non-hydrogen) atoms. The second-order valence-electron chi connectivity index (χ2n) is 5.27. The minimum atomic E-state index is 0.483. The lowest BCUT2D eigenvalue weighted by molar-refractivity contribution is -0.175. The van der Waals surface area contributed by atoms with Gasteiger partial charge in [-0.05, 0) is 47.3 Å². The maximum atomic E-state index is 4.57. The molecule has 2 nitrogen and oxygen atoms in total. The minimum absolute atomic E-state index is 0.483. The van der Waals surface area contributed by atoms with Crippen molar-refractivity contribution in [2.75, 3.05) is 0 Å². The zero-order valence-electron chi connectivity index (χ0n) is 8.68. The molecule has 0 aromatic carbocycles. The number of halogens is 1. The third-order valence-corrected chi connectivity index (χ3v) is 4.36. The summed E-state index contributed by atoms with van der Waals surface area (Å²) in [5, 5.41) is 0. The fraction of sp³-hybridized carbons (Fsp3) is 0.727. The van der Waals surface area contributed by atoms with Crippen LogP contribution in [0.5, 0.6) is 0 Å². The maximum absolute atomic E-state index is 4.57. The van der Waals surface area contributed by atoms with Crippen molar-refractivity contribution in [1.29, 1.82) is 0 Å². The smallest absolute Gasteiger partial charge is 0.119 e. The molecule has 0 aliphatic heterocycles. The molecule has 0 radical (unpaired) electrons. The monoisotopic (exact) mass is 302 g/mol. The number of aromatic nitrogens is 2. The van der Waals surface area contributed by atoms with Gasteiger partial charge >= 0.3 is 0 Å². The average Bonchev–Trinajstić information content (AvgIpc) is 2.39. The summed E-state index contributed by atoms with van der Waals surface area (Å²) in [6.07, 6.45) is 7.41. The van der Waals surface area contributed by atoms with Crippen LogP contribution in [-0.4, -0.2) is 9.55 Å². The van der Waals surface area contributed by atoms with Gasteiger partial charge in [0.15, 0.2) is 0 Å². The number of nitrogens with zero attached hydrogens (tertiary/aromatic N) is 2. The second-order valence-corrected chi connectivity index (χ2v) is 6.37. The molecule has 3 aliphatic carbocycles. The Morgan fingerprint density at radius 1 is 1.50 bits per heavy atom. The SMILES string of the molecule is CCc1nc(I)cn1C12CC(C)(C1)C2. The fourth-order valence-electron chi connectivity index (χ4n) is 3.53. The topological polar surface area (TPSA) is 17.8 Å². The summed E-state index contributed by atoms with van der Waals surface area (Å²) < 4.78 is 3.61. The van der Waals surface area contributed by atoms with Crippen LogP contribution < -0.4 is 0 Å². The lowest BCUT2D eigenvalue weighted by atomic mass is 9.40. The summed E-state index contributed by atoms with van der Waals surface area (Å²) in [5.74, 6) is 1.27. The first-order valence-electron chi connectivity index (χ1n) is 5.31. The predicted octanol–water partition coefficient (Wildman–Crippen LogP) is 2.95. The molecule has 76 valence electrons. The van der Waals surface area contributed by atoms with Gasteiger partial charge in [0.25, 0.3) is 0 Å². The zero-order valence-corrected chi connectivity index (χ0v) is 10.8. The molecule has 0 atom stereocenters. The molecule has 3 aliphatic rings. The van der Waals surface area contributed by atoms with Gasteiger partial charge in [0, 0.05) is 18.2 Å². The Morgan fingerprint density at radius 3 is 2.64 bits per heavy atom. The first-order chi connectivity index (χ1) is 6.57. The van der Waals surface area contributed by atoms with Gasteiger partial charge in [0.05, 0.1) is 0 Å². The highest BCUT2D eigenvalue weighted by Gasteiger charge is 2.66. The zero-order chi connectivity index (χ0) is 9.97. The maximum Gasteiger partial charge on any atom is 0.119 e. The van der Waals surface area contributed by atoms with Crippen molar-refractivity contribution in [3.05, 3.63) is 15.7 Å². The molecule has 4 rings (SSSR count). The molecule has 2 bridgehead atoms. The summed E-state index contributed by atoms with van der Waals surface area (Å²) in [4.78, 5) is 4.57. The van der Waals surface area contributed by atoms with Crippen molar-refractivity contribution in [3.63, 3.8) is 0 Å². The van der Waals surface area contributed by atoms with Gasteiger partial charge in [-0.15, -0.1) is 0 Å². The molecule has 1 aromatic heterocycles. The number of hydrogen-bond acceptors (Lipinski definition) is 1. The van der Waals surface area contributed by atoms with Gasteiger partial charge < -0.3 is 4.57 Å². The number of aryl methyl sites for hydroxylation is 1. The van der Waals surface area contributed by atoms with Gasteiger partial charge in [-0.2, -0.15) is 0 Å². The third-order valence-electron chi connectivity index (χ3n) is 3.84. The van der Waals surface area contributed by atoms with E-state index in [-0.39, 0.29) is 0 Å². The highest BCUT2D eigenvalue weighted by molar-refractivity contribution is 14.1. The van der Waals surface area contributed by atoms with Crippen LogP contribution in [0.3, 0.4) is 0 Å². The van der Waals surface area contributed by atoms with E-state index in [0.29, 0.717) is 11.0 Å². The van der Waals surface area contributed by atoms with Crippen molar-refractivity contribution in [2.24, 2.45) is 5.41 Å². The van der Waals surface area contributed by atoms with Crippen LogP contribution in [0.25, 0.3) is 0 Å². The van der Waals surface area contributed by atoms with Gasteiger partial charge in [-0.1, -0.05) is 13.8 Å². The third kappa shape index (κ3) is 0.993. The Kier molecular flexibility index (Phi) is 1.67. The Hall–Kier alpha value is -0.0600. The van der Waals surface area contributed by atoms with E-state index >= 15 is 0 Å². The molecule has 3 heteroatoms. The van der Waals surface area contributed by atoms with Gasteiger partial charge in [0.1, 0.15) is 9.53 Å². The summed E-state index contributed by atoms with van der Waals surface area (Å²) in [6.45, 7) is 4.60. The molecular weight excluding hydrogens is 287 g/mol. The van der Waals surface area contributed by atoms with E-state index in [9.17, 15) is 0 Å². The number of hydrogen-bond donors (Lipinski definition) is 0. The summed E-state index contributed by atoms with van der Waals surface area (Å²) in [5.41, 5.74) is 1.16. The summed E-state index contributed by atoms with van der Waals surface area (Å²) in [7, 11) is 0. The molecule has 0 N–H and O–H groups in total. The largest absolute Gasteiger partial charge is 0.328 e. The molecule has 0 spiro atoms. The van der Waals surface area contributed by atoms with Crippen molar-refractivity contribution >= 4 is 22.6 Å². The van der Waals surface area contributed by atoms with E-state index < -0.39 is 0 Å². The minimum Gasteiger partial charge on any atom is -0.328 e. The lowest BCUT2D eigenvalue weighted by Crippen LogP contribution is -2.66. The van der Waals surface area contributed by atoms with E-state index in [1.807, 2.05) is 0 Å². The molecule has 1 aromatic rings. The van der Waals surface area contributed by atoms with Gasteiger partial charge in [-0.3, -0.25) is 0 Å². The standard InChI is InChI=1S/C11H15IN2/c1-3-9-13-8(12)4-14(9)11-5-10(2,6-11)7-11/h4H,3,5-7H2,1-2H3. The fourth-order valence-corrected chi connectivity index (χ4v) is 4.09. The number of imidazole rings is 1. The van der Waals surface area contributed by atoms with Gasteiger partial charge in [-0.25, -0.2) is 4.98 Å². The van der Waals surface area contributed by atoms with Crippen LogP contribution in [0.4, 0.5) is 0 Å². The van der Waals surface area contributed by atoms with E-state index in [2.05, 4.69) is 52.2 Å². The lowest BCUT2D eigenvalue weighted by Gasteiger charge is -2.70. The Morgan fingerprint density at radius 2 is 2.14 bits per heavy atom. The molecule has 0 saturated heterocycles. The molecule has 3 saturated carbocycles. The second kappa shape index (κ2) is 2.54. The normalized spacial score (nSPS) is 39.1. The van der Waals surface area contributed by atoms with Crippen LogP contribution in [0, 0.1) is 9.12 Å².